The molecule has 0 radical (unpaired) electrons. The Hall–Kier alpha value is -3.08. The van der Waals surface area contributed by atoms with E-state index < -0.39 is 0 Å². The van der Waals surface area contributed by atoms with Gasteiger partial charge in [0, 0.05) is 11.1 Å². The number of nitrogens with one attached hydrogen (secondary N) is 1. The maximum atomic E-state index is 10.4. The third kappa shape index (κ3) is 2.92. The topological polar surface area (TPSA) is 67.2 Å². The van der Waals surface area contributed by atoms with Crippen LogP contribution < -0.4 is 5.43 Å². The van der Waals surface area contributed by atoms with Crippen molar-refractivity contribution in [2.45, 2.75) is 0 Å². The highest BCUT2D eigenvalue weighted by Gasteiger charge is 2.08. The fourth-order valence-corrected chi connectivity index (χ4v) is 2.05. The van der Waals surface area contributed by atoms with Gasteiger partial charge in [0.2, 0.25) is 5.95 Å². The Labute approximate surface area is 121 Å². The third-order valence-corrected chi connectivity index (χ3v) is 3.01. The summed E-state index contributed by atoms with van der Waals surface area (Å²) in [6.07, 6.45) is 0. The molecule has 0 aliphatic rings. The van der Waals surface area contributed by atoms with Gasteiger partial charge in [0.05, 0.1) is 16.7 Å². The Kier molecular flexibility index (Phi) is 3.64. The van der Waals surface area contributed by atoms with Gasteiger partial charge in [-0.3, -0.25) is 0 Å². The van der Waals surface area contributed by atoms with Crippen LogP contribution in [0.2, 0.25) is 0 Å². The Balaban J connectivity index is 2.13. The third-order valence-electron chi connectivity index (χ3n) is 3.01. The van der Waals surface area contributed by atoms with Crippen molar-refractivity contribution in [3.05, 3.63) is 71.6 Å². The van der Waals surface area contributed by atoms with Crippen LogP contribution in [0.15, 0.2) is 72.0 Å². The summed E-state index contributed by atoms with van der Waals surface area (Å²) in [6.45, 7) is 0. The van der Waals surface area contributed by atoms with Gasteiger partial charge in [0.25, 0.3) is 0 Å². The highest BCUT2D eigenvalue weighted by atomic mass is 16.3. The molecule has 1 N–H and O–H groups in total. The van der Waals surface area contributed by atoms with Gasteiger partial charge in [0.1, 0.15) is 0 Å². The lowest BCUT2D eigenvalue weighted by atomic mass is 10.1. The summed E-state index contributed by atoms with van der Waals surface area (Å²) in [5.41, 5.74) is 5.64. The molecule has 0 spiro atoms. The minimum atomic E-state index is 0.185. The summed E-state index contributed by atoms with van der Waals surface area (Å²) in [6, 6.07) is 21.3. The van der Waals surface area contributed by atoms with Crippen molar-refractivity contribution in [2.24, 2.45) is 5.29 Å². The zero-order valence-corrected chi connectivity index (χ0v) is 11.1. The van der Waals surface area contributed by atoms with E-state index in [0.29, 0.717) is 0 Å². The second-order valence-corrected chi connectivity index (χ2v) is 4.40. The predicted molar refractivity (Wildman–Crippen MR) is 82.3 cm³/mol. The van der Waals surface area contributed by atoms with Gasteiger partial charge in [0.15, 0.2) is 0 Å². The molecule has 0 fully saturated rings. The first-order chi connectivity index (χ1) is 10.4. The van der Waals surface area contributed by atoms with Gasteiger partial charge in [-0.2, -0.15) is 0 Å². The number of rotatable bonds is 4. The SMILES string of the molecule is O=NNc1nc(-c2ccccc2)cc(-c2ccccc2)n1. The fraction of sp³-hybridized carbons (Fsp3) is 0. The molecule has 2 aromatic carbocycles. The van der Waals surface area contributed by atoms with Gasteiger partial charge in [-0.05, 0) is 6.07 Å². The highest BCUT2D eigenvalue weighted by Crippen LogP contribution is 2.24. The molecule has 1 heterocycles. The lowest BCUT2D eigenvalue weighted by molar-refractivity contribution is 1.12. The Morgan fingerprint density at radius 2 is 1.24 bits per heavy atom. The molecule has 0 bridgehead atoms. The van der Waals surface area contributed by atoms with Crippen molar-refractivity contribution >= 4 is 5.95 Å². The molecule has 5 heteroatoms. The molecule has 0 atom stereocenters. The van der Waals surface area contributed by atoms with Crippen molar-refractivity contribution in [1.29, 1.82) is 0 Å². The van der Waals surface area contributed by atoms with Crippen molar-refractivity contribution in [3.63, 3.8) is 0 Å². The molecule has 3 aromatic rings. The molecule has 0 aliphatic carbocycles. The van der Waals surface area contributed by atoms with E-state index >= 15 is 0 Å². The van der Waals surface area contributed by atoms with Crippen LogP contribution in [0, 0.1) is 4.91 Å². The van der Waals surface area contributed by atoms with Crippen LogP contribution in [0.4, 0.5) is 5.95 Å². The number of hydrogen-bond acceptors (Lipinski definition) is 4. The Bertz CT molecular complexity index is 687. The van der Waals surface area contributed by atoms with E-state index in [4.69, 9.17) is 0 Å². The zero-order chi connectivity index (χ0) is 14.5. The summed E-state index contributed by atoms with van der Waals surface area (Å²) in [5, 5.41) is 2.65. The number of anilines is 1. The number of benzene rings is 2. The van der Waals surface area contributed by atoms with Gasteiger partial charge in [-0.25, -0.2) is 15.4 Å². The van der Waals surface area contributed by atoms with E-state index in [-0.39, 0.29) is 5.95 Å². The van der Waals surface area contributed by atoms with Gasteiger partial charge < -0.3 is 0 Å². The molecular formula is C16H12N4O. The minimum Gasteiger partial charge on any atom is -0.211 e. The van der Waals surface area contributed by atoms with E-state index in [1.807, 2.05) is 66.7 Å². The zero-order valence-electron chi connectivity index (χ0n) is 11.1. The Morgan fingerprint density at radius 1 is 0.762 bits per heavy atom. The maximum absolute atomic E-state index is 10.4. The lowest BCUT2D eigenvalue weighted by Gasteiger charge is -2.07. The van der Waals surface area contributed by atoms with Crippen molar-refractivity contribution < 1.29 is 0 Å². The summed E-state index contributed by atoms with van der Waals surface area (Å²) < 4.78 is 0. The van der Waals surface area contributed by atoms with Crippen molar-refractivity contribution in [1.82, 2.24) is 9.97 Å². The summed E-state index contributed by atoms with van der Waals surface area (Å²) in [4.78, 5) is 19.0. The number of hydrogen-bond donors (Lipinski definition) is 1. The smallest absolute Gasteiger partial charge is 0.211 e. The summed E-state index contributed by atoms with van der Waals surface area (Å²) in [5.74, 6) is 0.185. The quantitative estimate of drug-likeness (QED) is 0.579. The fourth-order valence-electron chi connectivity index (χ4n) is 2.05. The Morgan fingerprint density at radius 3 is 1.67 bits per heavy atom. The first kappa shape index (κ1) is 12.9. The standard InChI is InChI=1S/C16H12N4O/c21-20-19-16-17-14(12-7-3-1-4-8-12)11-15(18-16)13-9-5-2-6-10-13/h1-11H,(H,17,18,19,21). The molecule has 0 unspecified atom stereocenters. The van der Waals surface area contributed by atoms with Crippen LogP contribution >= 0.6 is 0 Å². The molecule has 0 amide bonds. The number of nitrogens with zero attached hydrogens (tertiary/aromatic N) is 3. The molecule has 0 saturated carbocycles. The van der Waals surface area contributed by atoms with Crippen LogP contribution in [0.5, 0.6) is 0 Å². The van der Waals surface area contributed by atoms with Crippen LogP contribution in [0.1, 0.15) is 0 Å². The predicted octanol–water partition coefficient (Wildman–Crippen LogP) is 3.90. The van der Waals surface area contributed by atoms with Crippen LogP contribution in [0.3, 0.4) is 0 Å². The van der Waals surface area contributed by atoms with E-state index in [2.05, 4.69) is 20.7 Å². The highest BCUT2D eigenvalue weighted by molar-refractivity contribution is 5.69. The van der Waals surface area contributed by atoms with E-state index in [1.165, 1.54) is 0 Å². The average molecular weight is 276 g/mol. The van der Waals surface area contributed by atoms with E-state index in [1.54, 1.807) is 0 Å². The first-order valence-electron chi connectivity index (χ1n) is 6.45. The minimum absolute atomic E-state index is 0.185. The molecule has 0 aliphatic heterocycles. The molecule has 102 valence electrons. The van der Waals surface area contributed by atoms with Gasteiger partial charge >= 0.3 is 0 Å². The lowest BCUT2D eigenvalue weighted by Crippen LogP contribution is -1.98. The number of aromatic nitrogens is 2. The largest absolute Gasteiger partial charge is 0.247 e. The second-order valence-electron chi connectivity index (χ2n) is 4.40. The second kappa shape index (κ2) is 5.92. The van der Waals surface area contributed by atoms with Gasteiger partial charge in [-0.1, -0.05) is 60.7 Å². The molecule has 1 aromatic heterocycles. The summed E-state index contributed by atoms with van der Waals surface area (Å²) >= 11 is 0. The monoisotopic (exact) mass is 276 g/mol. The normalized spacial score (nSPS) is 10.1. The molecule has 0 saturated heterocycles. The molecule has 5 nitrogen and oxygen atoms in total. The molecule has 3 rings (SSSR count). The molecular weight excluding hydrogens is 264 g/mol. The van der Waals surface area contributed by atoms with E-state index in [9.17, 15) is 4.91 Å². The average Bonchev–Trinajstić information content (AvgIpc) is 2.56. The van der Waals surface area contributed by atoms with Crippen LogP contribution in [-0.2, 0) is 0 Å². The number of nitroso groups, excluding NO2 is 1. The molecule has 21 heavy (non-hydrogen) atoms. The van der Waals surface area contributed by atoms with E-state index in [0.717, 1.165) is 22.5 Å². The van der Waals surface area contributed by atoms with Crippen molar-refractivity contribution in [3.8, 4) is 22.5 Å². The van der Waals surface area contributed by atoms with Crippen molar-refractivity contribution in [2.75, 3.05) is 5.43 Å². The summed E-state index contributed by atoms with van der Waals surface area (Å²) in [7, 11) is 0. The van der Waals surface area contributed by atoms with Crippen LogP contribution in [-0.4, -0.2) is 9.97 Å². The first-order valence-corrected chi connectivity index (χ1v) is 6.45. The van der Waals surface area contributed by atoms with Gasteiger partial charge in [-0.15, -0.1) is 4.91 Å². The maximum Gasteiger partial charge on any atom is 0.247 e. The van der Waals surface area contributed by atoms with Crippen LogP contribution in [0.25, 0.3) is 22.5 Å².